The average Bonchev–Trinajstić information content (AvgIpc) is 3.67. The van der Waals surface area contributed by atoms with Crippen LogP contribution in [0.25, 0.3) is 0 Å². The number of fused-ring (bicyclic) bond motifs is 4. The van der Waals surface area contributed by atoms with E-state index in [4.69, 9.17) is 4.42 Å². The van der Waals surface area contributed by atoms with E-state index in [-0.39, 0.29) is 36.3 Å². The van der Waals surface area contributed by atoms with Crippen molar-refractivity contribution in [3.63, 3.8) is 0 Å². The summed E-state index contributed by atoms with van der Waals surface area (Å²) in [6.45, 7) is 6.89. The quantitative estimate of drug-likeness (QED) is 0.309. The van der Waals surface area contributed by atoms with Gasteiger partial charge >= 0.3 is 0 Å². The van der Waals surface area contributed by atoms with Gasteiger partial charge in [0.15, 0.2) is 5.69 Å². The van der Waals surface area contributed by atoms with Crippen LogP contribution in [0.1, 0.15) is 86.4 Å². The molecule has 1 aliphatic rings. The maximum absolute atomic E-state index is 13.8. The van der Waals surface area contributed by atoms with Gasteiger partial charge in [0.25, 0.3) is 17.7 Å². The smallest absolute Gasteiger partial charge is 0.274 e. The van der Waals surface area contributed by atoms with Crippen molar-refractivity contribution in [1.82, 2.24) is 35.8 Å². The third-order valence-corrected chi connectivity index (χ3v) is 8.41. The summed E-state index contributed by atoms with van der Waals surface area (Å²) in [4.78, 5) is 68.5. The summed E-state index contributed by atoms with van der Waals surface area (Å²) in [6, 6.07) is 11.1. The monoisotopic (exact) mass is 629 g/mol. The van der Waals surface area contributed by atoms with Crippen LogP contribution in [-0.2, 0) is 11.2 Å². The van der Waals surface area contributed by atoms with Gasteiger partial charge in [0.2, 0.25) is 11.8 Å². The summed E-state index contributed by atoms with van der Waals surface area (Å²) in [6.07, 6.45) is 3.39. The number of thiazole rings is 1. The number of nitrogens with one attached hydrogen (secondary N) is 3. The molecule has 1 aromatic carbocycles. The molecule has 0 fully saturated rings. The summed E-state index contributed by atoms with van der Waals surface area (Å²) in [7, 11) is 0. The Morgan fingerprint density at radius 2 is 1.82 bits per heavy atom. The number of hydrogen-bond acceptors (Lipinski definition) is 9. The van der Waals surface area contributed by atoms with E-state index in [0.717, 1.165) is 5.56 Å². The molecule has 0 saturated carbocycles. The van der Waals surface area contributed by atoms with Gasteiger partial charge in [-0.05, 0) is 43.9 Å². The predicted octanol–water partition coefficient (Wildman–Crippen LogP) is 3.64. The zero-order valence-electron chi connectivity index (χ0n) is 25.4. The fourth-order valence-electron chi connectivity index (χ4n) is 5.06. The molecule has 3 aromatic heterocycles. The number of benzene rings is 1. The van der Waals surface area contributed by atoms with Crippen molar-refractivity contribution in [2.75, 3.05) is 13.1 Å². The van der Waals surface area contributed by atoms with Gasteiger partial charge in [0, 0.05) is 24.3 Å². The highest BCUT2D eigenvalue weighted by atomic mass is 32.1. The second-order valence-electron chi connectivity index (χ2n) is 11.3. The molecule has 3 N–H and O–H groups in total. The summed E-state index contributed by atoms with van der Waals surface area (Å²) in [5.74, 6) is -1.47. The van der Waals surface area contributed by atoms with Crippen LogP contribution in [0.15, 0.2) is 64.7 Å². The highest BCUT2D eigenvalue weighted by molar-refractivity contribution is 7.09. The number of rotatable bonds is 4. The van der Waals surface area contributed by atoms with Gasteiger partial charge in [0.1, 0.15) is 22.5 Å². The van der Waals surface area contributed by atoms with Crippen molar-refractivity contribution in [3.8, 4) is 0 Å². The fourth-order valence-corrected chi connectivity index (χ4v) is 5.87. The maximum Gasteiger partial charge on any atom is 0.274 e. The molecule has 0 aliphatic carbocycles. The number of oxazole rings is 1. The Hall–Kier alpha value is -4.91. The molecule has 4 bridgehead atoms. The lowest BCUT2D eigenvalue weighted by Gasteiger charge is -2.29. The SMILES string of the molecule is Cc1oc2nc1C(=O)N[C@H](C)c1nc(cs1)C(=O)N[C@H](Cc1ccccc1)CN(C(=O)c1cccnc1)CC(=O)N[C@H]2C(C)C. The highest BCUT2D eigenvalue weighted by Gasteiger charge is 2.31. The number of amides is 4. The van der Waals surface area contributed by atoms with Crippen LogP contribution >= 0.6 is 11.3 Å². The van der Waals surface area contributed by atoms with E-state index < -0.39 is 41.8 Å². The van der Waals surface area contributed by atoms with E-state index in [0.29, 0.717) is 22.8 Å². The molecule has 4 aromatic rings. The van der Waals surface area contributed by atoms with Gasteiger partial charge in [0.05, 0.1) is 24.2 Å². The van der Waals surface area contributed by atoms with Gasteiger partial charge in [-0.15, -0.1) is 11.3 Å². The molecule has 0 unspecified atom stereocenters. The number of pyridine rings is 1. The van der Waals surface area contributed by atoms with Gasteiger partial charge < -0.3 is 25.3 Å². The van der Waals surface area contributed by atoms with Crippen molar-refractivity contribution in [3.05, 3.63) is 99.4 Å². The van der Waals surface area contributed by atoms with Crippen LogP contribution < -0.4 is 16.0 Å². The van der Waals surface area contributed by atoms with E-state index in [9.17, 15) is 19.2 Å². The average molecular weight is 630 g/mol. The summed E-state index contributed by atoms with van der Waals surface area (Å²) < 4.78 is 5.89. The van der Waals surface area contributed by atoms with Gasteiger partial charge in [-0.3, -0.25) is 24.2 Å². The lowest BCUT2D eigenvalue weighted by Crippen LogP contribution is -2.50. The van der Waals surface area contributed by atoms with Crippen LogP contribution in [0.2, 0.25) is 0 Å². The van der Waals surface area contributed by atoms with Gasteiger partial charge in [-0.1, -0.05) is 44.2 Å². The molecule has 13 heteroatoms. The molecule has 0 radical (unpaired) electrons. The largest absolute Gasteiger partial charge is 0.443 e. The van der Waals surface area contributed by atoms with Crippen molar-refractivity contribution >= 4 is 35.0 Å². The van der Waals surface area contributed by atoms with Gasteiger partial charge in [-0.2, -0.15) is 0 Å². The van der Waals surface area contributed by atoms with Crippen LogP contribution in [0, 0.1) is 12.8 Å². The second-order valence-corrected chi connectivity index (χ2v) is 12.2. The van der Waals surface area contributed by atoms with Crippen molar-refractivity contribution in [2.45, 2.75) is 52.2 Å². The molecule has 234 valence electrons. The van der Waals surface area contributed by atoms with Crippen molar-refractivity contribution in [2.24, 2.45) is 5.92 Å². The van der Waals surface area contributed by atoms with E-state index in [1.54, 1.807) is 37.6 Å². The Morgan fingerprint density at radius 1 is 1.04 bits per heavy atom. The first-order valence-electron chi connectivity index (χ1n) is 14.7. The minimum absolute atomic E-state index is 0.0276. The van der Waals surface area contributed by atoms with Crippen LogP contribution in [0.3, 0.4) is 0 Å². The Morgan fingerprint density at radius 3 is 2.53 bits per heavy atom. The number of carbonyl (C=O) groups is 4. The predicted molar refractivity (Wildman–Crippen MR) is 166 cm³/mol. The maximum atomic E-state index is 13.8. The molecular weight excluding hydrogens is 594 g/mol. The Kier molecular flexibility index (Phi) is 9.67. The summed E-state index contributed by atoms with van der Waals surface area (Å²) in [5, 5.41) is 11.0. The Labute approximate surface area is 264 Å². The first-order chi connectivity index (χ1) is 21.6. The summed E-state index contributed by atoms with van der Waals surface area (Å²) in [5.41, 5.74) is 1.51. The lowest BCUT2D eigenvalue weighted by atomic mass is 10.0. The topological polar surface area (TPSA) is 159 Å². The molecule has 5 rings (SSSR count). The lowest BCUT2D eigenvalue weighted by molar-refractivity contribution is -0.123. The highest BCUT2D eigenvalue weighted by Crippen LogP contribution is 2.25. The third kappa shape index (κ3) is 7.60. The molecule has 0 spiro atoms. The minimum atomic E-state index is -0.675. The van der Waals surface area contributed by atoms with E-state index in [1.807, 2.05) is 44.2 Å². The zero-order valence-corrected chi connectivity index (χ0v) is 26.3. The minimum Gasteiger partial charge on any atom is -0.443 e. The van der Waals surface area contributed by atoms with Crippen molar-refractivity contribution in [1.29, 1.82) is 0 Å². The number of hydrogen-bond donors (Lipinski definition) is 3. The molecule has 1 aliphatic heterocycles. The molecule has 4 heterocycles. The van der Waals surface area contributed by atoms with E-state index in [2.05, 4.69) is 30.9 Å². The normalized spacial score (nSPS) is 19.7. The fraction of sp³-hybridized carbons (Fsp3) is 0.344. The number of aryl methyl sites for hydroxylation is 1. The molecule has 12 nitrogen and oxygen atoms in total. The Balaban J connectivity index is 1.55. The van der Waals surface area contributed by atoms with Crippen LogP contribution in [0.4, 0.5) is 0 Å². The van der Waals surface area contributed by atoms with E-state index in [1.165, 1.54) is 22.4 Å². The molecule has 45 heavy (non-hydrogen) atoms. The molecule has 4 amide bonds. The molecule has 3 atom stereocenters. The summed E-state index contributed by atoms with van der Waals surface area (Å²) >= 11 is 1.25. The molecular formula is C32H35N7O5S. The first-order valence-corrected chi connectivity index (χ1v) is 15.5. The Bertz CT molecular complexity index is 1670. The van der Waals surface area contributed by atoms with Crippen molar-refractivity contribution < 1.29 is 23.6 Å². The molecule has 0 saturated heterocycles. The number of aromatic nitrogens is 3. The van der Waals surface area contributed by atoms with Crippen LogP contribution in [0.5, 0.6) is 0 Å². The number of carbonyl (C=O) groups excluding carboxylic acids is 4. The van der Waals surface area contributed by atoms with Gasteiger partial charge in [-0.25, -0.2) is 9.97 Å². The zero-order chi connectivity index (χ0) is 32.1. The third-order valence-electron chi connectivity index (χ3n) is 7.38. The first kappa shape index (κ1) is 31.5. The second kappa shape index (κ2) is 13.8. The van der Waals surface area contributed by atoms with Crippen LogP contribution in [-0.4, -0.2) is 62.6 Å². The standard InChI is InChI=1S/C32H35N7O5S/c1-18(2)26-30-38-27(20(4)44-30)29(42)34-19(3)31-36-24(17-45-31)28(41)35-23(13-21-9-6-5-7-10-21)15-39(16-25(40)37-26)32(43)22-11-8-12-33-14-22/h5-12,14,17-19,23,26H,13,15-16H2,1-4H3,(H,34,42)(H,35,41)(H,37,40)/t19-,23-,26+/m1/s1. The van der Waals surface area contributed by atoms with E-state index >= 15 is 0 Å². The number of nitrogens with zero attached hydrogens (tertiary/aromatic N) is 4.